The Morgan fingerprint density at radius 1 is 1.05 bits per heavy atom. The molecular weight excluding hydrogens is 264 g/mol. The number of rotatable bonds is 5. The summed E-state index contributed by atoms with van der Waals surface area (Å²) in [5.74, 6) is 0.807. The van der Waals surface area contributed by atoms with Gasteiger partial charge in [-0.2, -0.15) is 0 Å². The minimum absolute atomic E-state index is 0.225. The molecule has 2 aromatic carbocycles. The Kier molecular flexibility index (Phi) is 5.21. The zero-order valence-electron chi connectivity index (χ0n) is 12.3. The van der Waals surface area contributed by atoms with Crippen molar-refractivity contribution >= 4 is 11.7 Å². The number of hydrogen-bond acceptors (Lipinski definition) is 2. The van der Waals surface area contributed by atoms with Gasteiger partial charge in [0.05, 0.1) is 6.54 Å². The summed E-state index contributed by atoms with van der Waals surface area (Å²) in [6, 6.07) is 15.3. The van der Waals surface area contributed by atoms with E-state index >= 15 is 0 Å². The number of ether oxygens (including phenoxy) is 1. The number of amides is 2. The molecule has 0 fully saturated rings. The van der Waals surface area contributed by atoms with Crippen LogP contribution in [0.3, 0.4) is 0 Å². The molecule has 21 heavy (non-hydrogen) atoms. The first-order valence-electron chi connectivity index (χ1n) is 6.95. The normalized spacial score (nSPS) is 10.0. The number of carbonyl (C=O) groups excluding carboxylic acids is 1. The third-order valence-electron chi connectivity index (χ3n) is 3.07. The average Bonchev–Trinajstić information content (AvgIpc) is 2.48. The van der Waals surface area contributed by atoms with Crippen LogP contribution in [0.4, 0.5) is 10.5 Å². The molecule has 0 saturated heterocycles. The van der Waals surface area contributed by atoms with Gasteiger partial charge in [0.1, 0.15) is 12.4 Å². The molecule has 0 atom stereocenters. The molecule has 4 heteroatoms. The van der Waals surface area contributed by atoms with Crippen LogP contribution in [-0.4, -0.2) is 19.2 Å². The predicted octanol–water partition coefficient (Wildman–Crippen LogP) is 3.50. The molecule has 110 valence electrons. The smallest absolute Gasteiger partial charge is 0.319 e. The van der Waals surface area contributed by atoms with E-state index in [9.17, 15) is 4.79 Å². The summed E-state index contributed by atoms with van der Waals surface area (Å²) in [4.78, 5) is 11.7. The number of aryl methyl sites for hydroxylation is 2. The van der Waals surface area contributed by atoms with Gasteiger partial charge in [-0.15, -0.1) is 0 Å². The Hall–Kier alpha value is -2.49. The quantitative estimate of drug-likeness (QED) is 0.826. The molecule has 0 bridgehead atoms. The van der Waals surface area contributed by atoms with E-state index in [1.807, 2.05) is 62.4 Å². The van der Waals surface area contributed by atoms with Crippen molar-refractivity contribution in [3.63, 3.8) is 0 Å². The minimum Gasteiger partial charge on any atom is -0.492 e. The molecule has 0 aliphatic carbocycles. The van der Waals surface area contributed by atoms with Crippen LogP contribution in [0.15, 0.2) is 48.5 Å². The Balaban J connectivity index is 1.70. The lowest BCUT2D eigenvalue weighted by Gasteiger charge is -2.10. The zero-order valence-corrected chi connectivity index (χ0v) is 12.3. The van der Waals surface area contributed by atoms with Gasteiger partial charge in [0.2, 0.25) is 0 Å². The molecule has 0 aromatic heterocycles. The number of benzene rings is 2. The van der Waals surface area contributed by atoms with E-state index in [-0.39, 0.29) is 6.03 Å². The maximum atomic E-state index is 11.7. The van der Waals surface area contributed by atoms with Crippen LogP contribution in [0.2, 0.25) is 0 Å². The van der Waals surface area contributed by atoms with Crippen LogP contribution in [-0.2, 0) is 0 Å². The van der Waals surface area contributed by atoms with Crippen LogP contribution in [0.25, 0.3) is 0 Å². The molecule has 0 unspecified atom stereocenters. The fourth-order valence-corrected chi connectivity index (χ4v) is 1.85. The van der Waals surface area contributed by atoms with Crippen LogP contribution in [0.5, 0.6) is 5.75 Å². The standard InChI is InChI=1S/C17H20N2O2/c1-13-7-9-15(10-8-13)21-12-11-18-17(20)19-16-6-4-3-5-14(16)2/h3-10H,11-12H2,1-2H3,(H2,18,19,20). The first-order chi connectivity index (χ1) is 10.1. The zero-order chi connectivity index (χ0) is 15.1. The lowest BCUT2D eigenvalue weighted by atomic mass is 10.2. The van der Waals surface area contributed by atoms with Gasteiger partial charge in [0, 0.05) is 5.69 Å². The van der Waals surface area contributed by atoms with Crippen molar-refractivity contribution in [2.45, 2.75) is 13.8 Å². The summed E-state index contributed by atoms with van der Waals surface area (Å²) >= 11 is 0. The summed E-state index contributed by atoms with van der Waals surface area (Å²) in [5.41, 5.74) is 3.04. The fourth-order valence-electron chi connectivity index (χ4n) is 1.85. The van der Waals surface area contributed by atoms with Crippen LogP contribution in [0, 0.1) is 13.8 Å². The molecule has 0 aliphatic rings. The van der Waals surface area contributed by atoms with Crippen molar-refractivity contribution in [2.24, 2.45) is 0 Å². The third kappa shape index (κ3) is 4.84. The Morgan fingerprint density at radius 2 is 1.76 bits per heavy atom. The van der Waals surface area contributed by atoms with Crippen molar-refractivity contribution in [1.29, 1.82) is 0 Å². The van der Waals surface area contributed by atoms with Crippen LogP contribution in [0.1, 0.15) is 11.1 Å². The van der Waals surface area contributed by atoms with E-state index in [2.05, 4.69) is 10.6 Å². The Bertz CT molecular complexity index is 594. The van der Waals surface area contributed by atoms with Crippen molar-refractivity contribution in [2.75, 3.05) is 18.5 Å². The highest BCUT2D eigenvalue weighted by Gasteiger charge is 2.02. The van der Waals surface area contributed by atoms with Gasteiger partial charge in [0.15, 0.2) is 0 Å². The van der Waals surface area contributed by atoms with Gasteiger partial charge in [-0.3, -0.25) is 0 Å². The second-order valence-corrected chi connectivity index (χ2v) is 4.86. The van der Waals surface area contributed by atoms with Crippen molar-refractivity contribution in [3.8, 4) is 5.75 Å². The lowest BCUT2D eigenvalue weighted by molar-refractivity contribution is 0.247. The number of carbonyl (C=O) groups is 1. The average molecular weight is 284 g/mol. The maximum absolute atomic E-state index is 11.7. The van der Waals surface area contributed by atoms with Gasteiger partial charge in [-0.25, -0.2) is 4.79 Å². The third-order valence-corrected chi connectivity index (χ3v) is 3.07. The van der Waals surface area contributed by atoms with E-state index in [1.165, 1.54) is 5.56 Å². The van der Waals surface area contributed by atoms with Crippen molar-refractivity contribution < 1.29 is 9.53 Å². The van der Waals surface area contributed by atoms with E-state index in [0.717, 1.165) is 17.0 Å². The molecular formula is C17H20N2O2. The SMILES string of the molecule is Cc1ccc(OCCNC(=O)Nc2ccccc2C)cc1. The number of hydrogen-bond donors (Lipinski definition) is 2. The van der Waals surface area contributed by atoms with Crippen molar-refractivity contribution in [3.05, 3.63) is 59.7 Å². The topological polar surface area (TPSA) is 50.4 Å². The summed E-state index contributed by atoms with van der Waals surface area (Å²) in [5, 5.41) is 5.58. The molecule has 0 heterocycles. The molecule has 2 aromatic rings. The Labute approximate surface area is 125 Å². The van der Waals surface area contributed by atoms with Crippen molar-refractivity contribution in [1.82, 2.24) is 5.32 Å². The summed E-state index contributed by atoms with van der Waals surface area (Å²) in [6.45, 7) is 4.87. The highest BCUT2D eigenvalue weighted by atomic mass is 16.5. The lowest BCUT2D eigenvalue weighted by Crippen LogP contribution is -2.32. The number of nitrogens with one attached hydrogen (secondary N) is 2. The molecule has 0 aliphatic heterocycles. The number of para-hydroxylation sites is 1. The molecule has 2 amide bonds. The van der Waals surface area contributed by atoms with E-state index in [1.54, 1.807) is 0 Å². The monoisotopic (exact) mass is 284 g/mol. The van der Waals surface area contributed by atoms with Gasteiger partial charge in [-0.1, -0.05) is 35.9 Å². The fraction of sp³-hybridized carbons (Fsp3) is 0.235. The Morgan fingerprint density at radius 3 is 2.48 bits per heavy atom. The number of urea groups is 1. The molecule has 0 radical (unpaired) electrons. The second-order valence-electron chi connectivity index (χ2n) is 4.86. The highest BCUT2D eigenvalue weighted by Crippen LogP contribution is 2.13. The summed E-state index contributed by atoms with van der Waals surface area (Å²) in [6.07, 6.45) is 0. The minimum atomic E-state index is -0.225. The van der Waals surface area contributed by atoms with Gasteiger partial charge in [-0.05, 0) is 37.6 Å². The number of anilines is 1. The van der Waals surface area contributed by atoms with Crippen LogP contribution >= 0.6 is 0 Å². The largest absolute Gasteiger partial charge is 0.492 e. The first kappa shape index (κ1) is 14.9. The van der Waals surface area contributed by atoms with Gasteiger partial charge >= 0.3 is 6.03 Å². The van der Waals surface area contributed by atoms with Crippen LogP contribution < -0.4 is 15.4 Å². The molecule has 0 spiro atoms. The second kappa shape index (κ2) is 7.33. The van der Waals surface area contributed by atoms with Gasteiger partial charge < -0.3 is 15.4 Å². The predicted molar refractivity (Wildman–Crippen MR) is 84.9 cm³/mol. The summed E-state index contributed by atoms with van der Waals surface area (Å²) in [7, 11) is 0. The first-order valence-corrected chi connectivity index (χ1v) is 6.95. The van der Waals surface area contributed by atoms with Gasteiger partial charge in [0.25, 0.3) is 0 Å². The molecule has 4 nitrogen and oxygen atoms in total. The highest BCUT2D eigenvalue weighted by molar-refractivity contribution is 5.89. The van der Waals surface area contributed by atoms with E-state index in [4.69, 9.17) is 4.74 Å². The molecule has 2 N–H and O–H groups in total. The molecule has 0 saturated carbocycles. The van der Waals surface area contributed by atoms with E-state index < -0.39 is 0 Å². The summed E-state index contributed by atoms with van der Waals surface area (Å²) < 4.78 is 5.54. The molecule has 2 rings (SSSR count). The van der Waals surface area contributed by atoms with E-state index in [0.29, 0.717) is 13.2 Å². The maximum Gasteiger partial charge on any atom is 0.319 e.